The smallest absolute Gasteiger partial charge is 0.214 e. The van der Waals surface area contributed by atoms with Crippen LogP contribution < -0.4 is 0 Å². The van der Waals surface area contributed by atoms with Crippen LogP contribution in [0.2, 0.25) is 0 Å². The molecule has 0 saturated heterocycles. The second-order valence-corrected chi connectivity index (χ2v) is 3.96. The van der Waals surface area contributed by atoms with Gasteiger partial charge in [-0.15, -0.1) is 0 Å². The highest BCUT2D eigenvalue weighted by molar-refractivity contribution is 6.07. The van der Waals surface area contributed by atoms with Crippen molar-refractivity contribution >= 4 is 5.78 Å². The van der Waals surface area contributed by atoms with E-state index in [9.17, 15) is 4.79 Å². The molecule has 3 nitrogen and oxygen atoms in total. The lowest BCUT2D eigenvalue weighted by Gasteiger charge is -1.95. The van der Waals surface area contributed by atoms with Crippen molar-refractivity contribution in [3.8, 4) is 0 Å². The minimum atomic E-state index is -0.101. The molecule has 0 radical (unpaired) electrons. The van der Waals surface area contributed by atoms with Crippen molar-refractivity contribution in [1.82, 2.24) is 5.16 Å². The quantitative estimate of drug-likeness (QED) is 0.739. The Bertz CT molecular complexity index is 486. The third kappa shape index (κ3) is 2.03. The van der Waals surface area contributed by atoms with E-state index in [1.165, 1.54) is 0 Å². The summed E-state index contributed by atoms with van der Waals surface area (Å²) in [5.41, 5.74) is 1.00. The standard InChI is InChI=1S/C13H13NO2/c1-9(2)12-8-11(14-16-12)13(15)10-6-4-3-5-7-10/h3-9H,1-2H3. The van der Waals surface area contributed by atoms with Crippen LogP contribution in [0.5, 0.6) is 0 Å². The highest BCUT2D eigenvalue weighted by Gasteiger charge is 2.15. The molecule has 16 heavy (non-hydrogen) atoms. The number of aromatic nitrogens is 1. The van der Waals surface area contributed by atoms with Gasteiger partial charge in [0.1, 0.15) is 5.76 Å². The van der Waals surface area contributed by atoms with Crippen molar-refractivity contribution in [3.05, 3.63) is 53.4 Å². The van der Waals surface area contributed by atoms with E-state index in [2.05, 4.69) is 5.16 Å². The fourth-order valence-electron chi connectivity index (χ4n) is 1.41. The van der Waals surface area contributed by atoms with Gasteiger partial charge in [-0.2, -0.15) is 0 Å². The molecule has 0 aliphatic rings. The van der Waals surface area contributed by atoms with Gasteiger partial charge in [0.25, 0.3) is 0 Å². The summed E-state index contributed by atoms with van der Waals surface area (Å²) in [6, 6.07) is 10.8. The molecule has 0 saturated carbocycles. The average molecular weight is 215 g/mol. The Balaban J connectivity index is 2.28. The molecule has 3 heteroatoms. The topological polar surface area (TPSA) is 43.1 Å². The molecule has 2 rings (SSSR count). The predicted octanol–water partition coefficient (Wildman–Crippen LogP) is 3.03. The molecule has 0 spiro atoms. The molecule has 0 amide bonds. The summed E-state index contributed by atoms with van der Waals surface area (Å²) in [6.45, 7) is 3.99. The van der Waals surface area contributed by atoms with Crippen molar-refractivity contribution in [2.75, 3.05) is 0 Å². The molecular formula is C13H13NO2. The van der Waals surface area contributed by atoms with Crippen LogP contribution in [0.25, 0.3) is 0 Å². The van der Waals surface area contributed by atoms with Crippen LogP contribution in [0.3, 0.4) is 0 Å². The van der Waals surface area contributed by atoms with Crippen molar-refractivity contribution in [3.63, 3.8) is 0 Å². The number of carbonyl (C=O) groups excluding carboxylic acids is 1. The fourth-order valence-corrected chi connectivity index (χ4v) is 1.41. The lowest BCUT2D eigenvalue weighted by atomic mass is 10.1. The van der Waals surface area contributed by atoms with E-state index >= 15 is 0 Å². The van der Waals surface area contributed by atoms with Gasteiger partial charge in [0.15, 0.2) is 5.69 Å². The highest BCUT2D eigenvalue weighted by atomic mass is 16.5. The van der Waals surface area contributed by atoms with Gasteiger partial charge in [0, 0.05) is 17.5 Å². The normalized spacial score (nSPS) is 10.7. The summed E-state index contributed by atoms with van der Waals surface area (Å²) in [7, 11) is 0. The van der Waals surface area contributed by atoms with Crippen LogP contribution in [0.15, 0.2) is 40.9 Å². The van der Waals surface area contributed by atoms with Crippen LogP contribution in [0.1, 0.15) is 41.6 Å². The number of nitrogens with zero attached hydrogens (tertiary/aromatic N) is 1. The van der Waals surface area contributed by atoms with E-state index in [0.717, 1.165) is 5.76 Å². The Morgan fingerprint density at radius 1 is 1.25 bits per heavy atom. The van der Waals surface area contributed by atoms with Crippen LogP contribution in [-0.4, -0.2) is 10.9 Å². The minimum absolute atomic E-state index is 0.101. The third-order valence-corrected chi connectivity index (χ3v) is 2.37. The number of benzene rings is 1. The summed E-state index contributed by atoms with van der Waals surface area (Å²) < 4.78 is 5.10. The van der Waals surface area contributed by atoms with Gasteiger partial charge in [-0.3, -0.25) is 4.79 Å². The Kier molecular flexibility index (Phi) is 2.86. The molecule has 0 aliphatic heterocycles. The second kappa shape index (κ2) is 4.31. The monoisotopic (exact) mass is 215 g/mol. The maximum Gasteiger partial charge on any atom is 0.214 e. The Hall–Kier alpha value is -1.90. The van der Waals surface area contributed by atoms with Crippen molar-refractivity contribution < 1.29 is 9.32 Å². The van der Waals surface area contributed by atoms with E-state index < -0.39 is 0 Å². The lowest BCUT2D eigenvalue weighted by Crippen LogP contribution is -2.00. The molecule has 0 fully saturated rings. The van der Waals surface area contributed by atoms with Crippen molar-refractivity contribution in [2.45, 2.75) is 19.8 Å². The molecule has 1 aromatic heterocycles. The van der Waals surface area contributed by atoms with Crippen LogP contribution in [0.4, 0.5) is 0 Å². The first kappa shape index (κ1) is 10.6. The van der Waals surface area contributed by atoms with E-state index in [1.807, 2.05) is 32.0 Å². The maximum absolute atomic E-state index is 12.0. The number of carbonyl (C=O) groups is 1. The maximum atomic E-state index is 12.0. The van der Waals surface area contributed by atoms with Crippen molar-refractivity contribution in [2.24, 2.45) is 0 Å². The molecule has 0 atom stereocenters. The van der Waals surface area contributed by atoms with E-state index in [4.69, 9.17) is 4.52 Å². The molecule has 0 unspecified atom stereocenters. The zero-order valence-corrected chi connectivity index (χ0v) is 9.31. The van der Waals surface area contributed by atoms with Gasteiger partial charge in [-0.05, 0) is 0 Å². The molecule has 82 valence electrons. The SMILES string of the molecule is CC(C)c1cc(C(=O)c2ccccc2)no1. The zero-order valence-electron chi connectivity index (χ0n) is 9.31. The molecule has 1 aromatic carbocycles. The van der Waals surface area contributed by atoms with Crippen LogP contribution >= 0.6 is 0 Å². The number of ketones is 1. The molecule has 0 aliphatic carbocycles. The van der Waals surface area contributed by atoms with Crippen LogP contribution in [0, 0.1) is 0 Å². The Morgan fingerprint density at radius 2 is 1.94 bits per heavy atom. The molecular weight excluding hydrogens is 202 g/mol. The first-order valence-electron chi connectivity index (χ1n) is 5.25. The highest BCUT2D eigenvalue weighted by Crippen LogP contribution is 2.17. The average Bonchev–Trinajstić information content (AvgIpc) is 2.78. The molecule has 2 aromatic rings. The summed E-state index contributed by atoms with van der Waals surface area (Å²) in [5.74, 6) is 0.875. The molecule has 0 N–H and O–H groups in total. The predicted molar refractivity (Wildman–Crippen MR) is 60.5 cm³/mol. The summed E-state index contributed by atoms with van der Waals surface area (Å²) in [4.78, 5) is 12.0. The third-order valence-electron chi connectivity index (χ3n) is 2.37. The number of hydrogen-bond acceptors (Lipinski definition) is 3. The van der Waals surface area contributed by atoms with E-state index in [1.54, 1.807) is 18.2 Å². The first-order chi connectivity index (χ1) is 7.68. The fraction of sp³-hybridized carbons (Fsp3) is 0.231. The first-order valence-corrected chi connectivity index (χ1v) is 5.25. The molecule has 1 heterocycles. The van der Waals surface area contributed by atoms with Gasteiger partial charge in [0.05, 0.1) is 0 Å². The minimum Gasteiger partial charge on any atom is -0.360 e. The van der Waals surface area contributed by atoms with Gasteiger partial charge < -0.3 is 4.52 Å². The summed E-state index contributed by atoms with van der Waals surface area (Å²) >= 11 is 0. The van der Waals surface area contributed by atoms with Gasteiger partial charge >= 0.3 is 0 Å². The molecule has 0 bridgehead atoms. The van der Waals surface area contributed by atoms with Gasteiger partial charge in [-0.1, -0.05) is 49.3 Å². The van der Waals surface area contributed by atoms with E-state index in [0.29, 0.717) is 11.3 Å². The van der Waals surface area contributed by atoms with Gasteiger partial charge in [-0.25, -0.2) is 0 Å². The summed E-state index contributed by atoms with van der Waals surface area (Å²) in [5, 5.41) is 3.79. The number of rotatable bonds is 3. The lowest BCUT2D eigenvalue weighted by molar-refractivity contribution is 0.103. The van der Waals surface area contributed by atoms with Gasteiger partial charge in [0.2, 0.25) is 5.78 Å². The van der Waals surface area contributed by atoms with E-state index in [-0.39, 0.29) is 11.7 Å². The van der Waals surface area contributed by atoms with Crippen LogP contribution in [-0.2, 0) is 0 Å². The Labute approximate surface area is 94.1 Å². The second-order valence-electron chi connectivity index (χ2n) is 3.96. The van der Waals surface area contributed by atoms with Crippen molar-refractivity contribution in [1.29, 1.82) is 0 Å². The number of hydrogen-bond donors (Lipinski definition) is 0. The summed E-state index contributed by atoms with van der Waals surface area (Å²) in [6.07, 6.45) is 0. The Morgan fingerprint density at radius 3 is 2.50 bits per heavy atom. The zero-order chi connectivity index (χ0) is 11.5. The largest absolute Gasteiger partial charge is 0.360 e.